The molecule has 228 valence electrons. The Balaban J connectivity index is 1.91. The molecule has 0 aromatic rings. The molecule has 0 heterocycles. The van der Waals surface area contributed by atoms with Gasteiger partial charge in [0.15, 0.2) is 0 Å². The molecule has 0 amide bonds. The highest BCUT2D eigenvalue weighted by Gasteiger charge is 2.35. The lowest BCUT2D eigenvalue weighted by Gasteiger charge is -2.37. The van der Waals surface area contributed by atoms with Crippen LogP contribution >= 0.6 is 0 Å². The fourth-order valence-corrected chi connectivity index (χ4v) is 5.89. The van der Waals surface area contributed by atoms with Crippen LogP contribution in [0.2, 0.25) is 0 Å². The Labute approximate surface area is 257 Å². The molecule has 0 fully saturated rings. The fourth-order valence-electron chi connectivity index (χ4n) is 5.89. The van der Waals surface area contributed by atoms with Gasteiger partial charge in [-0.25, -0.2) is 0 Å². The van der Waals surface area contributed by atoms with Crippen LogP contribution in [0, 0.1) is 10.8 Å². The highest BCUT2D eigenvalue weighted by atomic mass is 16.3. The van der Waals surface area contributed by atoms with Crippen molar-refractivity contribution < 1.29 is 10.2 Å². The summed E-state index contributed by atoms with van der Waals surface area (Å²) in [6.07, 6.45) is 32.7. The second-order valence-electron chi connectivity index (χ2n) is 13.5. The molecule has 2 atom stereocenters. The summed E-state index contributed by atoms with van der Waals surface area (Å²) in [6, 6.07) is 0. The van der Waals surface area contributed by atoms with E-state index in [4.69, 9.17) is 0 Å². The van der Waals surface area contributed by atoms with Crippen molar-refractivity contribution in [1.29, 1.82) is 0 Å². The lowest BCUT2D eigenvalue weighted by atomic mass is 9.70. The van der Waals surface area contributed by atoms with Crippen molar-refractivity contribution in [2.75, 3.05) is 0 Å². The highest BCUT2D eigenvalue weighted by molar-refractivity contribution is 5.39. The van der Waals surface area contributed by atoms with E-state index in [1.165, 1.54) is 44.6 Å². The fraction of sp³-hybridized carbons (Fsp3) is 0.450. The third-order valence-electron chi connectivity index (χ3n) is 8.55. The van der Waals surface area contributed by atoms with Gasteiger partial charge in [-0.2, -0.15) is 0 Å². The highest BCUT2D eigenvalue weighted by Crippen LogP contribution is 2.42. The predicted octanol–water partition coefficient (Wildman–Crippen LogP) is 10.5. The molecule has 0 aliphatic heterocycles. The number of allylic oxidation sites excluding steroid dienone is 20. The van der Waals surface area contributed by atoms with Gasteiger partial charge < -0.3 is 10.2 Å². The quantitative estimate of drug-likeness (QED) is 0.257. The minimum absolute atomic E-state index is 0.00484. The Kier molecular flexibility index (Phi) is 13.5. The largest absolute Gasteiger partial charge is 0.393 e. The molecule has 42 heavy (non-hydrogen) atoms. The average molecular weight is 569 g/mol. The van der Waals surface area contributed by atoms with E-state index in [1.54, 1.807) is 0 Å². The minimum Gasteiger partial charge on any atom is -0.393 e. The first-order chi connectivity index (χ1) is 19.6. The Hall–Kier alpha value is -2.94. The van der Waals surface area contributed by atoms with Gasteiger partial charge in [-0.1, -0.05) is 146 Å². The molecule has 0 radical (unpaired) electrons. The molecule has 2 N–H and O–H groups in total. The van der Waals surface area contributed by atoms with Gasteiger partial charge >= 0.3 is 0 Å². The van der Waals surface area contributed by atoms with Crippen molar-refractivity contribution in [1.82, 2.24) is 0 Å². The van der Waals surface area contributed by atoms with Crippen molar-refractivity contribution in [2.24, 2.45) is 10.8 Å². The van der Waals surface area contributed by atoms with Crippen LogP contribution in [0.15, 0.2) is 130 Å². The molecule has 0 bridgehead atoms. The summed E-state index contributed by atoms with van der Waals surface area (Å²) < 4.78 is 0. The maximum atomic E-state index is 10.4. The van der Waals surface area contributed by atoms with E-state index < -0.39 is 0 Å². The average Bonchev–Trinajstić information content (AvgIpc) is 2.87. The summed E-state index contributed by atoms with van der Waals surface area (Å²) in [5.41, 5.74) is 9.83. The molecule has 2 unspecified atom stereocenters. The molecule has 0 saturated carbocycles. The second kappa shape index (κ2) is 16.1. The standard InChI is InChI=1S/C40H56O2/c1-29(17-13-19-31(3)21-24-36-34(6)27-35(41)28-39(36,7)8)15-11-12-16-30(2)18-14-20-32(4)22-25-37-33(5)23-26-38(42)40(37,9)10/h11-22,24-25,35,38,41-42H,23,26-28H2,1-10H3. The molecule has 0 aromatic heterocycles. The smallest absolute Gasteiger partial charge is 0.0634 e. The molecular formula is C40H56O2. The van der Waals surface area contributed by atoms with E-state index in [0.29, 0.717) is 0 Å². The maximum Gasteiger partial charge on any atom is 0.0634 e. The van der Waals surface area contributed by atoms with Crippen molar-refractivity contribution in [3.05, 3.63) is 130 Å². The van der Waals surface area contributed by atoms with Crippen LogP contribution in [0.5, 0.6) is 0 Å². The van der Waals surface area contributed by atoms with Gasteiger partial charge in [0, 0.05) is 5.41 Å². The monoisotopic (exact) mass is 568 g/mol. The topological polar surface area (TPSA) is 40.5 Å². The lowest BCUT2D eigenvalue weighted by molar-refractivity contribution is 0.0607. The van der Waals surface area contributed by atoms with Crippen LogP contribution < -0.4 is 0 Å². The number of hydrogen-bond acceptors (Lipinski definition) is 2. The van der Waals surface area contributed by atoms with E-state index in [1.807, 2.05) is 0 Å². The summed E-state index contributed by atoms with van der Waals surface area (Å²) >= 11 is 0. The Bertz CT molecular complexity index is 1290. The van der Waals surface area contributed by atoms with Gasteiger partial charge in [0.25, 0.3) is 0 Å². The van der Waals surface area contributed by atoms with Crippen LogP contribution in [-0.4, -0.2) is 22.4 Å². The summed E-state index contributed by atoms with van der Waals surface area (Å²) in [5, 5.41) is 20.5. The van der Waals surface area contributed by atoms with E-state index in [0.717, 1.165) is 25.7 Å². The number of hydrogen-bond donors (Lipinski definition) is 2. The van der Waals surface area contributed by atoms with Crippen LogP contribution in [-0.2, 0) is 0 Å². The number of rotatable bonds is 10. The number of aliphatic hydroxyl groups is 2. The summed E-state index contributed by atoms with van der Waals surface area (Å²) in [5.74, 6) is 0. The summed E-state index contributed by atoms with van der Waals surface area (Å²) in [7, 11) is 0. The molecule has 0 aromatic carbocycles. The van der Waals surface area contributed by atoms with Gasteiger partial charge in [0.05, 0.1) is 12.2 Å². The molecule has 2 nitrogen and oxygen atoms in total. The molecular weight excluding hydrogens is 512 g/mol. The Morgan fingerprint density at radius 2 is 1.10 bits per heavy atom. The first-order valence-corrected chi connectivity index (χ1v) is 15.5. The maximum absolute atomic E-state index is 10.4. The molecule has 2 heteroatoms. The van der Waals surface area contributed by atoms with E-state index in [9.17, 15) is 10.2 Å². The van der Waals surface area contributed by atoms with Gasteiger partial charge in [-0.05, 0) is 83.8 Å². The Morgan fingerprint density at radius 1 is 0.643 bits per heavy atom. The van der Waals surface area contributed by atoms with Gasteiger partial charge in [-0.3, -0.25) is 0 Å². The molecule has 0 spiro atoms. The molecule has 0 saturated heterocycles. The first-order valence-electron chi connectivity index (χ1n) is 15.5. The third-order valence-corrected chi connectivity index (χ3v) is 8.55. The normalized spacial score (nSPS) is 25.0. The van der Waals surface area contributed by atoms with Crippen molar-refractivity contribution in [2.45, 2.75) is 107 Å². The number of aliphatic hydroxyl groups excluding tert-OH is 2. The van der Waals surface area contributed by atoms with Crippen molar-refractivity contribution >= 4 is 0 Å². The van der Waals surface area contributed by atoms with Crippen molar-refractivity contribution in [3.63, 3.8) is 0 Å². The van der Waals surface area contributed by atoms with Gasteiger partial charge in [0.2, 0.25) is 0 Å². The molecule has 2 aliphatic carbocycles. The zero-order valence-corrected chi connectivity index (χ0v) is 28.0. The summed E-state index contributed by atoms with van der Waals surface area (Å²) in [6.45, 7) is 21.5. The van der Waals surface area contributed by atoms with Crippen molar-refractivity contribution in [3.8, 4) is 0 Å². The van der Waals surface area contributed by atoms with E-state index in [2.05, 4.69) is 154 Å². The molecule has 2 aliphatic rings. The summed E-state index contributed by atoms with van der Waals surface area (Å²) in [4.78, 5) is 0. The molecule has 2 rings (SSSR count). The Morgan fingerprint density at radius 3 is 1.60 bits per heavy atom. The first kappa shape index (κ1) is 35.3. The minimum atomic E-state index is -0.284. The van der Waals surface area contributed by atoms with Gasteiger partial charge in [-0.15, -0.1) is 0 Å². The van der Waals surface area contributed by atoms with E-state index in [-0.39, 0.29) is 23.0 Å². The SMILES string of the molecule is CC(C=CC=C(C)C=CC1=C(C)CC(O)CC1(C)C)=CC=CC=C(C)C=CC=C(C)C=CC1=C(C)CCC(O)C1(C)C. The second-order valence-corrected chi connectivity index (χ2v) is 13.5. The lowest BCUT2D eigenvalue weighted by Crippen LogP contribution is -2.34. The zero-order valence-electron chi connectivity index (χ0n) is 28.0. The predicted molar refractivity (Wildman–Crippen MR) is 184 cm³/mol. The van der Waals surface area contributed by atoms with Gasteiger partial charge in [0.1, 0.15) is 0 Å². The van der Waals surface area contributed by atoms with E-state index >= 15 is 0 Å². The van der Waals surface area contributed by atoms with Crippen LogP contribution in [0.4, 0.5) is 0 Å². The van der Waals surface area contributed by atoms with Crippen LogP contribution in [0.25, 0.3) is 0 Å². The third kappa shape index (κ3) is 11.0. The van der Waals surface area contributed by atoms with Crippen LogP contribution in [0.3, 0.4) is 0 Å². The zero-order chi connectivity index (χ0) is 31.5. The van der Waals surface area contributed by atoms with Crippen LogP contribution in [0.1, 0.15) is 94.9 Å².